The van der Waals surface area contributed by atoms with E-state index in [1.54, 1.807) is 17.4 Å². The van der Waals surface area contributed by atoms with Gasteiger partial charge < -0.3 is 5.32 Å². The Balaban J connectivity index is 2.02. The second-order valence-corrected chi connectivity index (χ2v) is 6.58. The van der Waals surface area contributed by atoms with Gasteiger partial charge in [-0.3, -0.25) is 0 Å². The quantitative estimate of drug-likeness (QED) is 0.778. The molecule has 2 aromatic rings. The topological polar surface area (TPSA) is 24.9 Å². The summed E-state index contributed by atoms with van der Waals surface area (Å²) < 4.78 is 0. The number of benzene rings is 1. The number of halogens is 2. The van der Waals surface area contributed by atoms with E-state index in [-0.39, 0.29) is 6.04 Å². The zero-order valence-corrected chi connectivity index (χ0v) is 13.9. The molecule has 1 heterocycles. The largest absolute Gasteiger partial charge is 0.309 e. The second kappa shape index (κ2) is 7.41. The van der Waals surface area contributed by atoms with Crippen molar-refractivity contribution in [2.24, 2.45) is 0 Å². The minimum absolute atomic E-state index is 0.238. The Morgan fingerprint density at radius 3 is 2.75 bits per heavy atom. The average molecular weight is 329 g/mol. The van der Waals surface area contributed by atoms with Gasteiger partial charge in [-0.2, -0.15) is 0 Å². The minimum Gasteiger partial charge on any atom is -0.309 e. The molecule has 1 aromatic heterocycles. The highest BCUT2D eigenvalue weighted by atomic mass is 35.5. The highest BCUT2D eigenvalue weighted by Gasteiger charge is 2.15. The first-order valence-electron chi connectivity index (χ1n) is 6.69. The van der Waals surface area contributed by atoms with Gasteiger partial charge in [0.2, 0.25) is 0 Å². The van der Waals surface area contributed by atoms with Crippen molar-refractivity contribution in [1.82, 2.24) is 10.3 Å². The Morgan fingerprint density at radius 2 is 2.15 bits per heavy atom. The molecular weight excluding hydrogens is 311 g/mol. The van der Waals surface area contributed by atoms with Crippen molar-refractivity contribution in [3.8, 4) is 0 Å². The van der Waals surface area contributed by atoms with Crippen molar-refractivity contribution < 1.29 is 0 Å². The number of nitrogens with zero attached hydrogens (tertiary/aromatic N) is 1. The first-order chi connectivity index (χ1) is 9.61. The lowest BCUT2D eigenvalue weighted by Crippen LogP contribution is -2.25. The van der Waals surface area contributed by atoms with Crippen LogP contribution in [-0.2, 0) is 0 Å². The number of nitrogens with one attached hydrogen (secondary N) is 1. The van der Waals surface area contributed by atoms with Crippen molar-refractivity contribution in [1.29, 1.82) is 0 Å². The van der Waals surface area contributed by atoms with E-state index in [0.29, 0.717) is 10.9 Å². The molecule has 0 amide bonds. The summed E-state index contributed by atoms with van der Waals surface area (Å²) in [4.78, 5) is 4.36. The first-order valence-corrected chi connectivity index (χ1v) is 8.33. The SMILES string of the molecule is CCC(NCC(C)c1nccs1)c1ccc(Cl)cc1Cl. The van der Waals surface area contributed by atoms with Crippen molar-refractivity contribution in [2.45, 2.75) is 32.2 Å². The van der Waals surface area contributed by atoms with Gasteiger partial charge in [0.25, 0.3) is 0 Å². The Bertz CT molecular complexity index is 543. The van der Waals surface area contributed by atoms with Crippen LogP contribution in [0.5, 0.6) is 0 Å². The van der Waals surface area contributed by atoms with Crippen LogP contribution in [-0.4, -0.2) is 11.5 Å². The van der Waals surface area contributed by atoms with Crippen LogP contribution in [0.4, 0.5) is 0 Å². The number of thiazole rings is 1. The summed E-state index contributed by atoms with van der Waals surface area (Å²) >= 11 is 13.9. The van der Waals surface area contributed by atoms with E-state index in [0.717, 1.165) is 28.6 Å². The number of hydrogen-bond donors (Lipinski definition) is 1. The molecule has 5 heteroatoms. The minimum atomic E-state index is 0.238. The zero-order chi connectivity index (χ0) is 14.5. The third-order valence-corrected chi connectivity index (χ3v) is 4.86. The monoisotopic (exact) mass is 328 g/mol. The Morgan fingerprint density at radius 1 is 1.35 bits per heavy atom. The van der Waals surface area contributed by atoms with Crippen LogP contribution in [0.2, 0.25) is 10.0 Å². The fourth-order valence-electron chi connectivity index (χ4n) is 2.14. The summed E-state index contributed by atoms with van der Waals surface area (Å²) in [6.45, 7) is 5.21. The molecule has 0 radical (unpaired) electrons. The smallest absolute Gasteiger partial charge is 0.0965 e. The molecule has 1 N–H and O–H groups in total. The molecule has 2 unspecified atom stereocenters. The van der Waals surface area contributed by atoms with E-state index >= 15 is 0 Å². The first kappa shape index (κ1) is 15.8. The summed E-state index contributed by atoms with van der Waals surface area (Å²) in [5, 5.41) is 8.14. The summed E-state index contributed by atoms with van der Waals surface area (Å²) in [5.74, 6) is 0.398. The lowest BCUT2D eigenvalue weighted by atomic mass is 10.0. The Hall–Kier alpha value is -0.610. The third kappa shape index (κ3) is 3.95. The molecule has 0 bridgehead atoms. The molecular formula is C15H18Cl2N2S. The molecule has 0 aliphatic carbocycles. The highest BCUT2D eigenvalue weighted by molar-refractivity contribution is 7.09. The maximum Gasteiger partial charge on any atom is 0.0965 e. The average Bonchev–Trinajstić information content (AvgIpc) is 2.95. The van der Waals surface area contributed by atoms with Crippen molar-refractivity contribution in [3.05, 3.63) is 50.4 Å². The second-order valence-electron chi connectivity index (χ2n) is 4.81. The molecule has 20 heavy (non-hydrogen) atoms. The molecule has 0 aliphatic rings. The molecule has 108 valence electrons. The molecule has 0 saturated heterocycles. The molecule has 0 spiro atoms. The van der Waals surface area contributed by atoms with Crippen LogP contribution in [0.3, 0.4) is 0 Å². The van der Waals surface area contributed by atoms with E-state index in [9.17, 15) is 0 Å². The third-order valence-electron chi connectivity index (χ3n) is 3.29. The normalized spacial score (nSPS) is 14.2. The van der Waals surface area contributed by atoms with Gasteiger partial charge in [0.1, 0.15) is 0 Å². The predicted octanol–water partition coefficient (Wildman–Crippen LogP) is 5.29. The highest BCUT2D eigenvalue weighted by Crippen LogP contribution is 2.28. The number of rotatable bonds is 6. The van der Waals surface area contributed by atoms with Crippen molar-refractivity contribution >= 4 is 34.5 Å². The fourth-order valence-corrected chi connectivity index (χ4v) is 3.38. The van der Waals surface area contributed by atoms with Crippen LogP contribution in [0.1, 0.15) is 42.8 Å². The van der Waals surface area contributed by atoms with Gasteiger partial charge in [-0.25, -0.2) is 4.98 Å². The van der Waals surface area contributed by atoms with E-state index in [4.69, 9.17) is 23.2 Å². The van der Waals surface area contributed by atoms with Crippen LogP contribution < -0.4 is 5.32 Å². The summed E-state index contributed by atoms with van der Waals surface area (Å²) in [6, 6.07) is 5.92. The van der Waals surface area contributed by atoms with Gasteiger partial charge in [-0.05, 0) is 24.1 Å². The fraction of sp³-hybridized carbons (Fsp3) is 0.400. The molecule has 2 nitrogen and oxygen atoms in total. The molecule has 1 aromatic carbocycles. The van der Waals surface area contributed by atoms with Gasteiger partial charge in [0.15, 0.2) is 0 Å². The maximum atomic E-state index is 6.28. The van der Waals surface area contributed by atoms with Crippen LogP contribution in [0.15, 0.2) is 29.8 Å². The summed E-state index contributed by atoms with van der Waals surface area (Å²) in [7, 11) is 0. The van der Waals surface area contributed by atoms with Gasteiger partial charge >= 0.3 is 0 Å². The number of hydrogen-bond acceptors (Lipinski definition) is 3. The van der Waals surface area contributed by atoms with Gasteiger partial charge in [0, 0.05) is 40.1 Å². The van der Waals surface area contributed by atoms with Crippen LogP contribution in [0, 0.1) is 0 Å². The van der Waals surface area contributed by atoms with E-state index in [1.165, 1.54) is 0 Å². The van der Waals surface area contributed by atoms with E-state index in [1.807, 2.05) is 23.7 Å². The van der Waals surface area contributed by atoms with Crippen molar-refractivity contribution in [3.63, 3.8) is 0 Å². The zero-order valence-electron chi connectivity index (χ0n) is 11.6. The maximum absolute atomic E-state index is 6.28. The summed E-state index contributed by atoms with van der Waals surface area (Å²) in [5.41, 5.74) is 1.10. The summed E-state index contributed by atoms with van der Waals surface area (Å²) in [6.07, 6.45) is 2.83. The van der Waals surface area contributed by atoms with Gasteiger partial charge in [-0.15, -0.1) is 11.3 Å². The lowest BCUT2D eigenvalue weighted by molar-refractivity contribution is 0.494. The lowest BCUT2D eigenvalue weighted by Gasteiger charge is -2.20. The molecule has 0 saturated carbocycles. The Kier molecular flexibility index (Phi) is 5.85. The van der Waals surface area contributed by atoms with E-state index < -0.39 is 0 Å². The molecule has 2 rings (SSSR count). The van der Waals surface area contributed by atoms with Gasteiger partial charge in [-0.1, -0.05) is 43.1 Å². The Labute approximate surface area is 134 Å². The van der Waals surface area contributed by atoms with Crippen LogP contribution in [0.25, 0.3) is 0 Å². The predicted molar refractivity (Wildman–Crippen MR) is 88.0 cm³/mol. The van der Waals surface area contributed by atoms with Gasteiger partial charge in [0.05, 0.1) is 5.01 Å². The van der Waals surface area contributed by atoms with Crippen molar-refractivity contribution in [2.75, 3.05) is 6.54 Å². The molecule has 0 aliphatic heterocycles. The molecule has 0 fully saturated rings. The number of aromatic nitrogens is 1. The van der Waals surface area contributed by atoms with Crippen LogP contribution >= 0.6 is 34.5 Å². The van der Waals surface area contributed by atoms with E-state index in [2.05, 4.69) is 24.1 Å². The molecule has 2 atom stereocenters. The standard InChI is InChI=1S/C15H18Cl2N2S/c1-3-14(12-5-4-11(16)8-13(12)17)19-9-10(2)15-18-6-7-20-15/h4-8,10,14,19H,3,9H2,1-2H3.